The Balaban J connectivity index is 1.61. The number of hydrogen-bond acceptors (Lipinski definition) is 5. The minimum atomic E-state index is -1.16. The summed E-state index contributed by atoms with van der Waals surface area (Å²) in [5, 5.41) is 7.38. The lowest BCUT2D eigenvalue weighted by Crippen LogP contribution is -2.41. The topological polar surface area (TPSA) is 103 Å². The molecule has 2 amide bonds. The number of hydrogen-bond donors (Lipinski definition) is 1. The third-order valence-corrected chi connectivity index (χ3v) is 4.05. The first-order valence-corrected chi connectivity index (χ1v) is 7.94. The molecule has 1 saturated heterocycles. The summed E-state index contributed by atoms with van der Waals surface area (Å²) in [5.41, 5.74) is 5.12. The zero-order valence-corrected chi connectivity index (χ0v) is 13.7. The number of ether oxygens (including phenoxy) is 1. The monoisotopic (exact) mass is 365 g/mol. The van der Waals surface area contributed by atoms with Gasteiger partial charge in [0.05, 0.1) is 25.3 Å². The molecule has 2 aromatic rings. The van der Waals surface area contributed by atoms with Crippen molar-refractivity contribution in [1.82, 2.24) is 19.9 Å². The summed E-state index contributed by atoms with van der Waals surface area (Å²) in [6.45, 7) is -0.157. The maximum absolute atomic E-state index is 13.8. The van der Waals surface area contributed by atoms with Crippen LogP contribution in [0.4, 0.5) is 8.78 Å². The van der Waals surface area contributed by atoms with Crippen LogP contribution in [0, 0.1) is 5.82 Å². The number of carbonyl (C=O) groups is 2. The minimum absolute atomic E-state index is 0.00249. The van der Waals surface area contributed by atoms with Crippen molar-refractivity contribution in [3.05, 3.63) is 42.0 Å². The Hall–Kier alpha value is -3.04. The van der Waals surface area contributed by atoms with Gasteiger partial charge in [0.25, 0.3) is 11.8 Å². The van der Waals surface area contributed by atoms with Gasteiger partial charge in [-0.2, -0.15) is 0 Å². The van der Waals surface area contributed by atoms with Crippen LogP contribution in [-0.2, 0) is 11.3 Å². The summed E-state index contributed by atoms with van der Waals surface area (Å²) in [6.07, 6.45) is 0.341. The van der Waals surface area contributed by atoms with Gasteiger partial charge in [-0.1, -0.05) is 5.21 Å². The number of nitrogens with two attached hydrogens (primary N) is 1. The van der Waals surface area contributed by atoms with Gasteiger partial charge in [0.2, 0.25) is 0 Å². The third-order valence-electron chi connectivity index (χ3n) is 4.05. The Labute approximate surface area is 147 Å². The lowest BCUT2D eigenvalue weighted by molar-refractivity contribution is -0.134. The van der Waals surface area contributed by atoms with Crippen molar-refractivity contribution >= 4 is 11.8 Å². The van der Waals surface area contributed by atoms with E-state index in [9.17, 15) is 18.4 Å². The van der Waals surface area contributed by atoms with E-state index >= 15 is 0 Å². The molecule has 3 rings (SSSR count). The van der Waals surface area contributed by atoms with E-state index in [1.165, 1.54) is 40.0 Å². The van der Waals surface area contributed by atoms with E-state index in [0.29, 0.717) is 5.75 Å². The zero-order valence-electron chi connectivity index (χ0n) is 13.7. The van der Waals surface area contributed by atoms with E-state index in [0.717, 1.165) is 0 Å². The van der Waals surface area contributed by atoms with Crippen LogP contribution in [0.25, 0.3) is 0 Å². The van der Waals surface area contributed by atoms with Crippen molar-refractivity contribution in [3.63, 3.8) is 0 Å². The van der Waals surface area contributed by atoms with Crippen molar-refractivity contribution in [2.24, 2.45) is 5.73 Å². The van der Waals surface area contributed by atoms with E-state index in [-0.39, 0.29) is 31.8 Å². The quantitative estimate of drug-likeness (QED) is 0.804. The fraction of sp³-hybridized carbons (Fsp3) is 0.375. The van der Waals surface area contributed by atoms with Crippen LogP contribution in [-0.4, -0.2) is 57.1 Å². The Morgan fingerprint density at radius 3 is 2.69 bits per heavy atom. The lowest BCUT2D eigenvalue weighted by atomic mass is 10.2. The molecule has 0 aliphatic carbocycles. The average Bonchev–Trinajstić information content (AvgIpc) is 3.21. The van der Waals surface area contributed by atoms with E-state index < -0.39 is 29.8 Å². The Bertz CT molecular complexity index is 795. The number of likely N-dealkylation sites (tertiary alicyclic amines) is 1. The van der Waals surface area contributed by atoms with Crippen molar-refractivity contribution in [2.75, 3.05) is 13.2 Å². The third kappa shape index (κ3) is 4.13. The van der Waals surface area contributed by atoms with Crippen LogP contribution in [0.1, 0.15) is 16.9 Å². The predicted molar refractivity (Wildman–Crippen MR) is 85.4 cm³/mol. The number of aromatic nitrogens is 3. The highest BCUT2D eigenvalue weighted by Crippen LogP contribution is 2.22. The van der Waals surface area contributed by atoms with E-state index in [1.54, 1.807) is 0 Å². The number of amides is 2. The highest BCUT2D eigenvalue weighted by Gasteiger charge is 2.36. The van der Waals surface area contributed by atoms with Gasteiger partial charge in [-0.3, -0.25) is 9.59 Å². The molecule has 0 saturated carbocycles. The lowest BCUT2D eigenvalue weighted by Gasteiger charge is -2.24. The SMILES string of the molecule is NC(=O)c1cn(CC2CC(F)CN2C(=O)COc2ccc(F)cc2)nn1. The van der Waals surface area contributed by atoms with E-state index in [1.807, 2.05) is 0 Å². The Morgan fingerprint density at radius 2 is 2.04 bits per heavy atom. The second kappa shape index (κ2) is 7.46. The number of alkyl halides is 1. The van der Waals surface area contributed by atoms with Gasteiger partial charge in [0.1, 0.15) is 17.7 Å². The first kappa shape index (κ1) is 17.8. The number of primary amides is 1. The Kier molecular flexibility index (Phi) is 5.10. The molecule has 1 aromatic carbocycles. The van der Waals surface area contributed by atoms with Gasteiger partial charge in [-0.05, 0) is 24.3 Å². The fourth-order valence-electron chi connectivity index (χ4n) is 2.81. The van der Waals surface area contributed by atoms with Crippen molar-refractivity contribution in [2.45, 2.75) is 25.2 Å². The smallest absolute Gasteiger partial charge is 0.270 e. The number of benzene rings is 1. The molecule has 26 heavy (non-hydrogen) atoms. The normalized spacial score (nSPS) is 19.5. The molecule has 2 heterocycles. The molecule has 1 aliphatic heterocycles. The number of rotatable bonds is 6. The van der Waals surface area contributed by atoms with E-state index in [2.05, 4.69) is 10.3 Å². The van der Waals surface area contributed by atoms with Crippen LogP contribution in [0.5, 0.6) is 5.75 Å². The maximum Gasteiger partial charge on any atom is 0.270 e. The minimum Gasteiger partial charge on any atom is -0.484 e. The highest BCUT2D eigenvalue weighted by atomic mass is 19.1. The van der Waals surface area contributed by atoms with Crippen molar-refractivity contribution in [1.29, 1.82) is 0 Å². The molecular weight excluding hydrogens is 348 g/mol. The number of nitrogens with zero attached hydrogens (tertiary/aromatic N) is 4. The molecule has 2 unspecified atom stereocenters. The van der Waals surface area contributed by atoms with Gasteiger partial charge in [-0.25, -0.2) is 13.5 Å². The molecule has 1 aromatic heterocycles. The fourth-order valence-corrected chi connectivity index (χ4v) is 2.81. The van der Waals surface area contributed by atoms with Gasteiger partial charge in [0, 0.05) is 6.42 Å². The summed E-state index contributed by atoms with van der Waals surface area (Å²) in [5.74, 6) is -1.18. The second-order valence-electron chi connectivity index (χ2n) is 5.97. The number of halogens is 2. The van der Waals surface area contributed by atoms with Crippen LogP contribution < -0.4 is 10.5 Å². The first-order chi connectivity index (χ1) is 12.4. The molecule has 138 valence electrons. The summed E-state index contributed by atoms with van der Waals surface area (Å²) < 4.78 is 33.4. The molecule has 10 heteroatoms. The summed E-state index contributed by atoms with van der Waals surface area (Å²) in [7, 11) is 0. The molecule has 0 bridgehead atoms. The molecular formula is C16H17F2N5O3. The van der Waals surface area contributed by atoms with Crippen LogP contribution in [0.3, 0.4) is 0 Å². The molecule has 2 atom stereocenters. The molecule has 2 N–H and O–H groups in total. The Morgan fingerprint density at radius 1 is 1.31 bits per heavy atom. The molecule has 1 aliphatic rings. The van der Waals surface area contributed by atoms with Gasteiger partial charge in [-0.15, -0.1) is 5.10 Å². The van der Waals surface area contributed by atoms with Gasteiger partial charge < -0.3 is 15.4 Å². The van der Waals surface area contributed by atoms with Crippen molar-refractivity contribution in [3.8, 4) is 5.75 Å². The summed E-state index contributed by atoms with van der Waals surface area (Å²) in [6, 6.07) is 4.80. The van der Waals surface area contributed by atoms with Crippen LogP contribution in [0.2, 0.25) is 0 Å². The zero-order chi connectivity index (χ0) is 18.7. The summed E-state index contributed by atoms with van der Waals surface area (Å²) >= 11 is 0. The average molecular weight is 365 g/mol. The second-order valence-corrected chi connectivity index (χ2v) is 5.97. The highest BCUT2D eigenvalue weighted by molar-refractivity contribution is 5.90. The standard InChI is InChI=1S/C16H17F2N5O3/c17-10-1-3-13(4-2-10)26-9-15(24)23-6-11(18)5-12(23)7-22-8-14(16(19)25)20-21-22/h1-4,8,11-12H,5-7,9H2,(H2,19,25). The van der Waals surface area contributed by atoms with Crippen molar-refractivity contribution < 1.29 is 23.1 Å². The molecule has 0 spiro atoms. The number of carbonyl (C=O) groups excluding carboxylic acids is 2. The summed E-state index contributed by atoms with van der Waals surface area (Å²) in [4.78, 5) is 24.8. The van der Waals surface area contributed by atoms with Crippen LogP contribution in [0.15, 0.2) is 30.5 Å². The maximum atomic E-state index is 13.8. The predicted octanol–water partition coefficient (Wildman–Crippen LogP) is 0.534. The molecule has 1 fully saturated rings. The van der Waals surface area contributed by atoms with Gasteiger partial charge >= 0.3 is 0 Å². The molecule has 8 nitrogen and oxygen atoms in total. The van der Waals surface area contributed by atoms with Gasteiger partial charge in [0.15, 0.2) is 12.3 Å². The first-order valence-electron chi connectivity index (χ1n) is 7.94. The molecule has 0 radical (unpaired) electrons. The largest absolute Gasteiger partial charge is 0.484 e. The van der Waals surface area contributed by atoms with Crippen LogP contribution >= 0.6 is 0 Å². The van der Waals surface area contributed by atoms with E-state index in [4.69, 9.17) is 10.5 Å².